The van der Waals surface area contributed by atoms with E-state index in [-0.39, 0.29) is 5.57 Å². The molecular formula is C38H38O10. The Morgan fingerprint density at radius 2 is 1.71 bits per heavy atom. The molecule has 0 unspecified atom stereocenters. The molecular weight excluding hydrogens is 616 g/mol. The minimum absolute atomic E-state index is 0.226. The monoisotopic (exact) mass is 654 g/mol. The average molecular weight is 655 g/mol. The Bertz CT molecular complexity index is 1790. The lowest BCUT2D eigenvalue weighted by Gasteiger charge is -2.61. The van der Waals surface area contributed by atoms with Gasteiger partial charge in [0.25, 0.3) is 0 Å². The van der Waals surface area contributed by atoms with E-state index in [1.54, 1.807) is 56.3 Å². The number of carbonyl (C=O) groups is 2. The number of esters is 1. The Kier molecular flexibility index (Phi) is 6.82. The minimum atomic E-state index is -2.43. The van der Waals surface area contributed by atoms with Crippen molar-refractivity contribution in [3.8, 4) is 0 Å². The summed E-state index contributed by atoms with van der Waals surface area (Å²) in [4.78, 5) is 27.5. The van der Waals surface area contributed by atoms with Crippen molar-refractivity contribution in [2.45, 2.75) is 73.6 Å². The third kappa shape index (κ3) is 3.76. The maximum atomic E-state index is 13.9. The Morgan fingerprint density at radius 3 is 2.38 bits per heavy atom. The summed E-state index contributed by atoms with van der Waals surface area (Å²) in [5.41, 5.74) is -4.99. The van der Waals surface area contributed by atoms with Gasteiger partial charge < -0.3 is 39.0 Å². The molecule has 0 spiro atoms. The number of Topliss-reactive ketones (excluding diaryl/α,β-unsaturated/α-hetero) is 1. The van der Waals surface area contributed by atoms with Crippen LogP contribution in [-0.4, -0.2) is 80.5 Å². The second kappa shape index (κ2) is 10.4. The number of rotatable bonds is 7. The summed E-state index contributed by atoms with van der Waals surface area (Å²) in [7, 11) is 0. The van der Waals surface area contributed by atoms with Crippen LogP contribution in [0.15, 0.2) is 103 Å². The Balaban J connectivity index is 1.29. The number of aliphatic hydroxyl groups excluding tert-OH is 2. The van der Waals surface area contributed by atoms with Gasteiger partial charge in [0.15, 0.2) is 17.0 Å². The number of ether oxygens (including phenoxy) is 5. The molecule has 12 atom stereocenters. The van der Waals surface area contributed by atoms with E-state index >= 15 is 0 Å². The Morgan fingerprint density at radius 1 is 1.02 bits per heavy atom. The van der Waals surface area contributed by atoms with Crippen molar-refractivity contribution in [1.82, 2.24) is 0 Å². The van der Waals surface area contributed by atoms with Gasteiger partial charge in [-0.25, -0.2) is 4.79 Å². The second-order valence-electron chi connectivity index (χ2n) is 13.9. The predicted octanol–water partition coefficient (Wildman–Crippen LogP) is 3.12. The maximum absolute atomic E-state index is 13.9. The zero-order valence-corrected chi connectivity index (χ0v) is 26.8. The molecule has 2 aromatic carbocycles. The number of hydrogen-bond acceptors (Lipinski definition) is 10. The van der Waals surface area contributed by atoms with Crippen LogP contribution in [0.4, 0.5) is 0 Å². The lowest BCUT2D eigenvalue weighted by molar-refractivity contribution is -0.440. The number of allylic oxidation sites excluding steroid dienone is 2. The number of carbonyl (C=O) groups excluding carboxylic acids is 2. The van der Waals surface area contributed by atoms with Crippen LogP contribution in [0.3, 0.4) is 0 Å². The number of hydrogen-bond donors (Lipinski definition) is 3. The lowest BCUT2D eigenvalue weighted by Crippen LogP contribution is -2.76. The number of epoxide rings is 1. The molecule has 8 rings (SSSR count). The van der Waals surface area contributed by atoms with Crippen LogP contribution in [0.25, 0.3) is 6.08 Å². The number of ketones is 1. The molecule has 0 aromatic heterocycles. The van der Waals surface area contributed by atoms with E-state index in [2.05, 4.69) is 6.58 Å². The average Bonchev–Trinajstić information content (AvgIpc) is 3.71. The van der Waals surface area contributed by atoms with Crippen molar-refractivity contribution >= 4 is 17.8 Å². The molecule has 10 heteroatoms. The normalized spacial score (nSPS) is 45.0. The molecule has 48 heavy (non-hydrogen) atoms. The first kappa shape index (κ1) is 31.5. The Hall–Kier alpha value is -3.74. The molecule has 3 aliphatic heterocycles. The van der Waals surface area contributed by atoms with Crippen LogP contribution in [0.2, 0.25) is 0 Å². The van der Waals surface area contributed by atoms with Crippen molar-refractivity contribution < 1.29 is 48.6 Å². The molecule has 3 N–H and O–H groups in total. The summed E-state index contributed by atoms with van der Waals surface area (Å²) in [6, 6.07) is 18.6. The largest absolute Gasteiger partial charge is 0.455 e. The quantitative estimate of drug-likeness (QED) is 0.134. The van der Waals surface area contributed by atoms with Gasteiger partial charge in [-0.1, -0.05) is 98.5 Å². The zero-order chi connectivity index (χ0) is 33.9. The number of aliphatic hydroxyl groups is 3. The van der Waals surface area contributed by atoms with E-state index < -0.39 is 88.9 Å². The number of fused-ring (bicyclic) bond motifs is 3. The fourth-order valence-corrected chi connectivity index (χ4v) is 9.34. The summed E-state index contributed by atoms with van der Waals surface area (Å²) in [5, 5.41) is 34.9. The fraction of sp³-hybridized carbons (Fsp3) is 0.421. The van der Waals surface area contributed by atoms with E-state index in [9.17, 15) is 24.9 Å². The van der Waals surface area contributed by atoms with Gasteiger partial charge in [-0.2, -0.15) is 0 Å². The summed E-state index contributed by atoms with van der Waals surface area (Å²) >= 11 is 0. The third-order valence-electron chi connectivity index (χ3n) is 11.5. The highest BCUT2D eigenvalue weighted by molar-refractivity contribution is 6.05. The van der Waals surface area contributed by atoms with E-state index in [1.165, 1.54) is 6.08 Å². The summed E-state index contributed by atoms with van der Waals surface area (Å²) in [6.45, 7) is 8.79. The third-order valence-corrected chi connectivity index (χ3v) is 11.5. The highest BCUT2D eigenvalue weighted by atomic mass is 16.9. The van der Waals surface area contributed by atoms with Gasteiger partial charge in [-0.05, 0) is 30.6 Å². The van der Waals surface area contributed by atoms with E-state index in [4.69, 9.17) is 23.7 Å². The zero-order valence-electron chi connectivity index (χ0n) is 26.8. The minimum Gasteiger partial charge on any atom is -0.455 e. The van der Waals surface area contributed by atoms with Gasteiger partial charge >= 0.3 is 11.9 Å². The summed E-state index contributed by atoms with van der Waals surface area (Å²) < 4.78 is 33.4. The smallest absolute Gasteiger partial charge is 0.331 e. The standard InChI is InChI=1S/C38H38O10/c1-21(2)36-30(44-27(40)18-12-11-15-24-13-7-5-8-14-24)23(4)37-26-19-22(3)29(41)35(26,43)33(42)34(20-39)31(45-34)28(37)32(36)46-38(47-36,48-37)25-16-9-6-10-17-25/h5-19,23,26,28,30-33,39,42-43H,1,20H2,2-4H3/b15-11+,18-12+/t23-,26+,28-,30-,31+,32-,33-,34+,35-,36+,37+,38-/m1/s1. The molecule has 250 valence electrons. The highest BCUT2D eigenvalue weighted by Gasteiger charge is 2.90. The topological polar surface area (TPSA) is 144 Å². The molecule has 3 bridgehead atoms. The first-order valence-corrected chi connectivity index (χ1v) is 16.2. The molecule has 0 amide bonds. The molecule has 3 heterocycles. The van der Waals surface area contributed by atoms with Crippen LogP contribution in [0.1, 0.15) is 31.9 Å². The van der Waals surface area contributed by atoms with Crippen molar-refractivity contribution in [3.05, 3.63) is 114 Å². The predicted molar refractivity (Wildman–Crippen MR) is 170 cm³/mol. The van der Waals surface area contributed by atoms with Gasteiger partial charge in [-0.15, -0.1) is 0 Å². The van der Waals surface area contributed by atoms with Gasteiger partial charge in [0.2, 0.25) is 0 Å². The molecule has 5 fully saturated rings. The van der Waals surface area contributed by atoms with Crippen molar-refractivity contribution in [2.24, 2.45) is 17.8 Å². The van der Waals surface area contributed by atoms with Crippen LogP contribution < -0.4 is 0 Å². The highest BCUT2D eigenvalue weighted by Crippen LogP contribution is 2.74. The van der Waals surface area contributed by atoms with Crippen LogP contribution >= 0.6 is 0 Å². The van der Waals surface area contributed by atoms with Gasteiger partial charge in [-0.3, -0.25) is 4.79 Å². The van der Waals surface area contributed by atoms with Crippen LogP contribution in [0.5, 0.6) is 0 Å². The van der Waals surface area contributed by atoms with Crippen molar-refractivity contribution in [3.63, 3.8) is 0 Å². The van der Waals surface area contributed by atoms with Gasteiger partial charge in [0.1, 0.15) is 30.0 Å². The molecule has 2 saturated carbocycles. The van der Waals surface area contributed by atoms with Gasteiger partial charge in [0, 0.05) is 29.4 Å². The number of benzene rings is 2. The molecule has 6 aliphatic rings. The summed E-state index contributed by atoms with van der Waals surface area (Å²) in [6.07, 6.45) is 3.34. The molecule has 2 aromatic rings. The first-order valence-electron chi connectivity index (χ1n) is 16.2. The Labute approximate surface area is 277 Å². The molecule has 3 saturated heterocycles. The summed E-state index contributed by atoms with van der Waals surface area (Å²) in [5.74, 6) is -5.98. The van der Waals surface area contributed by atoms with E-state index in [0.29, 0.717) is 11.1 Å². The first-order chi connectivity index (χ1) is 22.9. The van der Waals surface area contributed by atoms with Crippen LogP contribution in [-0.2, 0) is 39.2 Å². The molecule has 3 aliphatic carbocycles. The maximum Gasteiger partial charge on any atom is 0.331 e. The van der Waals surface area contributed by atoms with Crippen LogP contribution in [0, 0.1) is 17.8 Å². The van der Waals surface area contributed by atoms with E-state index in [1.807, 2.05) is 49.4 Å². The van der Waals surface area contributed by atoms with Gasteiger partial charge in [0.05, 0.1) is 12.2 Å². The fourth-order valence-electron chi connectivity index (χ4n) is 9.34. The lowest BCUT2D eigenvalue weighted by atomic mass is 9.53. The molecule has 0 radical (unpaired) electrons. The molecule has 10 nitrogen and oxygen atoms in total. The van der Waals surface area contributed by atoms with E-state index in [0.717, 1.165) is 5.56 Å². The SMILES string of the molecule is C=C(C)[C@@]12O[C@@]3(c4ccccc4)O[C@@H]1[C@H]1[C@@H]4O[C@]4(CO)[C@@H](O)[C@]4(O)C(=O)C(C)=C[C@@H]4[C@@]1(O3)[C@H](C)[C@H]2OC(=O)/C=C/C=C/c1ccccc1. The van der Waals surface area contributed by atoms with Crippen molar-refractivity contribution in [1.29, 1.82) is 0 Å². The second-order valence-corrected chi connectivity index (χ2v) is 13.9. The van der Waals surface area contributed by atoms with Crippen molar-refractivity contribution in [2.75, 3.05) is 6.61 Å².